The Bertz CT molecular complexity index is 344. The molecule has 3 nitrogen and oxygen atoms in total. The zero-order valence-electron chi connectivity index (χ0n) is 11.3. The molecular weight excluding hydrogens is 250 g/mol. The number of methoxy groups -OCH3 is 1. The molecule has 1 rings (SSSR count). The van der Waals surface area contributed by atoms with Crippen molar-refractivity contribution in [2.75, 3.05) is 26.9 Å². The van der Waals surface area contributed by atoms with Crippen LogP contribution in [0.15, 0.2) is 24.3 Å². The fourth-order valence-corrected chi connectivity index (χ4v) is 1.80. The summed E-state index contributed by atoms with van der Waals surface area (Å²) in [4.78, 5) is 0. The van der Waals surface area contributed by atoms with Crippen LogP contribution in [0.3, 0.4) is 0 Å². The highest BCUT2D eigenvalue weighted by Crippen LogP contribution is 2.20. The number of hydrogen-bond acceptors (Lipinski definition) is 3. The van der Waals surface area contributed by atoms with E-state index in [-0.39, 0.29) is 6.10 Å². The van der Waals surface area contributed by atoms with Crippen LogP contribution in [0.25, 0.3) is 0 Å². The van der Waals surface area contributed by atoms with Gasteiger partial charge in [-0.05, 0) is 17.7 Å². The predicted octanol–water partition coefficient (Wildman–Crippen LogP) is 3.04. The van der Waals surface area contributed by atoms with Crippen LogP contribution in [0.1, 0.15) is 25.5 Å². The number of halogens is 1. The first-order valence-electron chi connectivity index (χ1n) is 6.23. The number of ether oxygens (including phenoxy) is 2. The Morgan fingerprint density at radius 1 is 1.28 bits per heavy atom. The van der Waals surface area contributed by atoms with Gasteiger partial charge in [0.1, 0.15) is 0 Å². The van der Waals surface area contributed by atoms with Crippen molar-refractivity contribution < 1.29 is 9.47 Å². The van der Waals surface area contributed by atoms with Gasteiger partial charge in [0.05, 0.1) is 19.3 Å². The second kappa shape index (κ2) is 8.48. The monoisotopic (exact) mass is 271 g/mol. The Morgan fingerprint density at radius 3 is 2.67 bits per heavy atom. The zero-order chi connectivity index (χ0) is 13.4. The van der Waals surface area contributed by atoms with Crippen LogP contribution in [0.5, 0.6) is 0 Å². The molecule has 1 N–H and O–H groups in total. The van der Waals surface area contributed by atoms with Crippen molar-refractivity contribution in [3.05, 3.63) is 34.9 Å². The molecule has 0 aliphatic heterocycles. The fourth-order valence-electron chi connectivity index (χ4n) is 1.60. The first-order valence-corrected chi connectivity index (χ1v) is 6.60. The molecule has 0 fully saturated rings. The molecule has 0 aliphatic carbocycles. The SMILES string of the molecule is COCCOC(CNC(C)C)c1cccc(Cl)c1. The van der Waals surface area contributed by atoms with E-state index in [1.807, 2.05) is 24.3 Å². The topological polar surface area (TPSA) is 30.5 Å². The molecule has 18 heavy (non-hydrogen) atoms. The average molecular weight is 272 g/mol. The molecule has 0 heterocycles. The summed E-state index contributed by atoms with van der Waals surface area (Å²) in [5.41, 5.74) is 1.09. The Morgan fingerprint density at radius 2 is 2.06 bits per heavy atom. The quantitative estimate of drug-likeness (QED) is 0.737. The number of rotatable bonds is 8. The molecule has 1 unspecified atom stereocenters. The second-order valence-electron chi connectivity index (χ2n) is 4.47. The van der Waals surface area contributed by atoms with Gasteiger partial charge in [0.2, 0.25) is 0 Å². The van der Waals surface area contributed by atoms with Gasteiger partial charge in [0, 0.05) is 24.7 Å². The van der Waals surface area contributed by atoms with Crippen molar-refractivity contribution in [3.63, 3.8) is 0 Å². The predicted molar refractivity (Wildman–Crippen MR) is 75.2 cm³/mol. The molecule has 4 heteroatoms. The van der Waals surface area contributed by atoms with Gasteiger partial charge in [-0.1, -0.05) is 37.6 Å². The average Bonchev–Trinajstić information content (AvgIpc) is 2.33. The Labute approximate surface area is 114 Å². The van der Waals surface area contributed by atoms with E-state index < -0.39 is 0 Å². The molecule has 1 aromatic rings. The summed E-state index contributed by atoms with van der Waals surface area (Å²) in [5, 5.41) is 4.12. The zero-order valence-corrected chi connectivity index (χ0v) is 12.0. The Kier molecular flexibility index (Phi) is 7.28. The van der Waals surface area contributed by atoms with E-state index in [1.165, 1.54) is 0 Å². The van der Waals surface area contributed by atoms with Crippen LogP contribution in [-0.4, -0.2) is 32.9 Å². The third-order valence-corrected chi connectivity index (χ3v) is 2.77. The molecule has 0 saturated heterocycles. The van der Waals surface area contributed by atoms with Gasteiger partial charge in [-0.3, -0.25) is 0 Å². The van der Waals surface area contributed by atoms with Crippen LogP contribution < -0.4 is 5.32 Å². The lowest BCUT2D eigenvalue weighted by Crippen LogP contribution is -2.29. The maximum absolute atomic E-state index is 6.01. The summed E-state index contributed by atoms with van der Waals surface area (Å²) in [7, 11) is 1.67. The Balaban J connectivity index is 2.63. The van der Waals surface area contributed by atoms with Crippen molar-refractivity contribution in [2.45, 2.75) is 26.0 Å². The van der Waals surface area contributed by atoms with Crippen molar-refractivity contribution >= 4 is 11.6 Å². The van der Waals surface area contributed by atoms with Crippen LogP contribution >= 0.6 is 11.6 Å². The van der Waals surface area contributed by atoms with E-state index in [0.29, 0.717) is 19.3 Å². The number of nitrogens with one attached hydrogen (secondary N) is 1. The van der Waals surface area contributed by atoms with Gasteiger partial charge >= 0.3 is 0 Å². The third kappa shape index (κ3) is 5.83. The van der Waals surface area contributed by atoms with Crippen molar-refractivity contribution in [3.8, 4) is 0 Å². The molecule has 0 bridgehead atoms. The first-order chi connectivity index (χ1) is 8.63. The van der Waals surface area contributed by atoms with Crippen molar-refractivity contribution in [1.82, 2.24) is 5.32 Å². The maximum atomic E-state index is 6.01. The molecule has 0 spiro atoms. The van der Waals surface area contributed by atoms with E-state index in [4.69, 9.17) is 21.1 Å². The van der Waals surface area contributed by atoms with Gasteiger partial charge in [0.25, 0.3) is 0 Å². The van der Waals surface area contributed by atoms with E-state index in [1.54, 1.807) is 7.11 Å². The number of benzene rings is 1. The molecule has 1 atom stereocenters. The molecule has 1 aromatic carbocycles. The van der Waals surface area contributed by atoms with Crippen LogP contribution in [-0.2, 0) is 9.47 Å². The van der Waals surface area contributed by atoms with Crippen molar-refractivity contribution in [1.29, 1.82) is 0 Å². The highest BCUT2D eigenvalue weighted by Gasteiger charge is 2.12. The molecule has 0 amide bonds. The number of hydrogen-bond donors (Lipinski definition) is 1. The lowest BCUT2D eigenvalue weighted by Gasteiger charge is -2.20. The molecule has 0 aliphatic rings. The molecule has 0 saturated carbocycles. The van der Waals surface area contributed by atoms with Gasteiger partial charge in [0.15, 0.2) is 0 Å². The van der Waals surface area contributed by atoms with Gasteiger partial charge in [-0.15, -0.1) is 0 Å². The van der Waals surface area contributed by atoms with Crippen molar-refractivity contribution in [2.24, 2.45) is 0 Å². The highest BCUT2D eigenvalue weighted by atomic mass is 35.5. The molecule has 102 valence electrons. The smallest absolute Gasteiger partial charge is 0.0950 e. The highest BCUT2D eigenvalue weighted by molar-refractivity contribution is 6.30. The largest absolute Gasteiger partial charge is 0.382 e. The summed E-state index contributed by atoms with van der Waals surface area (Å²) in [5.74, 6) is 0. The van der Waals surface area contributed by atoms with E-state index >= 15 is 0 Å². The van der Waals surface area contributed by atoms with Gasteiger partial charge < -0.3 is 14.8 Å². The van der Waals surface area contributed by atoms with Gasteiger partial charge in [-0.25, -0.2) is 0 Å². The van der Waals surface area contributed by atoms with E-state index in [2.05, 4.69) is 19.2 Å². The summed E-state index contributed by atoms with van der Waals surface area (Å²) >= 11 is 6.01. The lowest BCUT2D eigenvalue weighted by atomic mass is 10.1. The molecule has 0 aromatic heterocycles. The molecular formula is C14H22ClNO2. The maximum Gasteiger partial charge on any atom is 0.0950 e. The lowest BCUT2D eigenvalue weighted by molar-refractivity contribution is 0.0158. The third-order valence-electron chi connectivity index (χ3n) is 2.54. The molecule has 0 radical (unpaired) electrons. The van der Waals surface area contributed by atoms with Crippen LogP contribution in [0, 0.1) is 0 Å². The minimum atomic E-state index is 0.00116. The van der Waals surface area contributed by atoms with Crippen LogP contribution in [0.4, 0.5) is 0 Å². The minimum Gasteiger partial charge on any atom is -0.382 e. The van der Waals surface area contributed by atoms with Gasteiger partial charge in [-0.2, -0.15) is 0 Å². The summed E-state index contributed by atoms with van der Waals surface area (Å²) < 4.78 is 10.8. The second-order valence-corrected chi connectivity index (χ2v) is 4.91. The summed E-state index contributed by atoms with van der Waals surface area (Å²) in [6.07, 6.45) is 0.00116. The fraction of sp³-hybridized carbons (Fsp3) is 0.571. The normalized spacial score (nSPS) is 12.9. The van der Waals surface area contributed by atoms with E-state index in [9.17, 15) is 0 Å². The van der Waals surface area contributed by atoms with Crippen LogP contribution in [0.2, 0.25) is 5.02 Å². The standard InChI is InChI=1S/C14H22ClNO2/c1-11(2)16-10-14(18-8-7-17-3)12-5-4-6-13(15)9-12/h4-6,9,11,14,16H,7-8,10H2,1-3H3. The van der Waals surface area contributed by atoms with E-state index in [0.717, 1.165) is 17.1 Å². The summed E-state index contributed by atoms with van der Waals surface area (Å²) in [6, 6.07) is 8.22. The minimum absolute atomic E-state index is 0.00116. The Hall–Kier alpha value is -0.610. The first kappa shape index (κ1) is 15.4. The summed E-state index contributed by atoms with van der Waals surface area (Å²) in [6.45, 7) is 6.17.